The molecule has 0 aliphatic carbocycles. The smallest absolute Gasteiger partial charge is 0.294 e. The van der Waals surface area contributed by atoms with E-state index in [1.54, 1.807) is 19.1 Å². The minimum Gasteiger partial charge on any atom is -0.394 e. The van der Waals surface area contributed by atoms with Crippen molar-refractivity contribution in [3.05, 3.63) is 29.8 Å². The molecule has 2 unspecified atom stereocenters. The van der Waals surface area contributed by atoms with Crippen LogP contribution in [0.3, 0.4) is 0 Å². The van der Waals surface area contributed by atoms with Crippen LogP contribution in [0.15, 0.2) is 29.2 Å². The first-order chi connectivity index (χ1) is 9.70. The number of ether oxygens (including phenoxy) is 2. The lowest BCUT2D eigenvalue weighted by molar-refractivity contribution is -0.160. The van der Waals surface area contributed by atoms with E-state index < -0.39 is 10.1 Å². The minimum absolute atomic E-state index is 0.0391. The van der Waals surface area contributed by atoms with E-state index in [0.717, 1.165) is 5.56 Å². The SMILES string of the molecule is CCOC(C)OC(C)CO.Cc1ccc(S(=O)(=O)O)cc1. The standard InChI is InChI=1S/C7H8O3S.C7H16O3/c1-6-2-4-7(5-3-6)11(8,9)10;1-4-9-7(3)10-6(2)5-8/h2-5H,1H3,(H,8,9,10);6-8H,4-5H2,1-3H3. The maximum atomic E-state index is 10.5. The van der Waals surface area contributed by atoms with Crippen molar-refractivity contribution < 1.29 is 27.6 Å². The van der Waals surface area contributed by atoms with Crippen molar-refractivity contribution in [2.45, 2.75) is 45.0 Å². The van der Waals surface area contributed by atoms with Crippen molar-refractivity contribution in [2.75, 3.05) is 13.2 Å². The zero-order valence-corrected chi connectivity index (χ0v) is 13.6. The second-order valence-electron chi connectivity index (χ2n) is 4.44. The molecule has 7 heteroatoms. The molecule has 122 valence electrons. The lowest BCUT2D eigenvalue weighted by atomic mass is 10.2. The van der Waals surface area contributed by atoms with Crippen molar-refractivity contribution in [2.24, 2.45) is 0 Å². The Morgan fingerprint density at radius 1 is 1.19 bits per heavy atom. The number of benzene rings is 1. The largest absolute Gasteiger partial charge is 0.394 e. The second kappa shape index (κ2) is 9.86. The number of aryl methyl sites for hydroxylation is 1. The van der Waals surface area contributed by atoms with Crippen molar-refractivity contribution >= 4 is 10.1 Å². The molecule has 21 heavy (non-hydrogen) atoms. The summed E-state index contributed by atoms with van der Waals surface area (Å²) in [5.41, 5.74) is 0.956. The van der Waals surface area contributed by atoms with Crippen molar-refractivity contribution in [1.29, 1.82) is 0 Å². The molecular weight excluding hydrogens is 296 g/mol. The highest BCUT2D eigenvalue weighted by Gasteiger charge is 2.07. The molecule has 0 bridgehead atoms. The molecule has 0 aliphatic rings. The quantitative estimate of drug-likeness (QED) is 0.615. The lowest BCUT2D eigenvalue weighted by Crippen LogP contribution is -2.22. The molecule has 0 saturated carbocycles. The fourth-order valence-corrected chi connectivity index (χ4v) is 1.83. The maximum Gasteiger partial charge on any atom is 0.294 e. The number of hydrogen-bond acceptors (Lipinski definition) is 5. The molecule has 2 atom stereocenters. The van der Waals surface area contributed by atoms with E-state index in [2.05, 4.69) is 0 Å². The highest BCUT2D eigenvalue weighted by Crippen LogP contribution is 2.08. The summed E-state index contributed by atoms with van der Waals surface area (Å²) >= 11 is 0. The summed E-state index contributed by atoms with van der Waals surface area (Å²) in [7, 11) is -4.02. The summed E-state index contributed by atoms with van der Waals surface area (Å²) in [4.78, 5) is -0.0666. The molecule has 0 spiro atoms. The molecule has 0 aromatic heterocycles. The third-order valence-corrected chi connectivity index (χ3v) is 3.27. The fourth-order valence-electron chi connectivity index (χ4n) is 1.35. The lowest BCUT2D eigenvalue weighted by Gasteiger charge is -2.16. The molecule has 0 saturated heterocycles. The number of rotatable bonds is 6. The Balaban J connectivity index is 0.000000384. The highest BCUT2D eigenvalue weighted by atomic mass is 32.2. The molecular formula is C14H24O6S. The van der Waals surface area contributed by atoms with Crippen LogP contribution in [-0.2, 0) is 19.6 Å². The molecule has 0 fully saturated rings. The van der Waals surface area contributed by atoms with Gasteiger partial charge in [-0.3, -0.25) is 4.55 Å². The van der Waals surface area contributed by atoms with Gasteiger partial charge in [0.2, 0.25) is 0 Å². The Kier molecular flexibility index (Phi) is 9.39. The van der Waals surface area contributed by atoms with Crippen LogP contribution in [0.1, 0.15) is 26.3 Å². The molecule has 0 heterocycles. The molecule has 0 amide bonds. The van der Waals surface area contributed by atoms with E-state index >= 15 is 0 Å². The Morgan fingerprint density at radius 3 is 2.10 bits per heavy atom. The zero-order valence-electron chi connectivity index (χ0n) is 12.8. The summed E-state index contributed by atoms with van der Waals surface area (Å²) in [5, 5.41) is 8.57. The first kappa shape index (κ1) is 20.0. The van der Waals surface area contributed by atoms with Crippen LogP contribution in [0.2, 0.25) is 0 Å². The molecule has 1 aromatic carbocycles. The van der Waals surface area contributed by atoms with E-state index in [4.69, 9.17) is 19.1 Å². The van der Waals surface area contributed by atoms with Gasteiger partial charge in [0.1, 0.15) is 0 Å². The van der Waals surface area contributed by atoms with Crippen LogP contribution < -0.4 is 0 Å². The predicted octanol–water partition coefficient (Wildman–Crippen LogP) is 2.01. The van der Waals surface area contributed by atoms with Crippen LogP contribution in [0, 0.1) is 6.92 Å². The van der Waals surface area contributed by atoms with E-state index in [1.807, 2.05) is 20.8 Å². The van der Waals surface area contributed by atoms with E-state index in [9.17, 15) is 8.42 Å². The van der Waals surface area contributed by atoms with Gasteiger partial charge in [-0.2, -0.15) is 8.42 Å². The molecule has 2 N–H and O–H groups in total. The van der Waals surface area contributed by atoms with Crippen LogP contribution in [-0.4, -0.2) is 43.7 Å². The van der Waals surface area contributed by atoms with Gasteiger partial charge in [0, 0.05) is 6.61 Å². The third-order valence-electron chi connectivity index (χ3n) is 2.40. The number of aliphatic hydroxyl groups excluding tert-OH is 1. The monoisotopic (exact) mass is 320 g/mol. The van der Waals surface area contributed by atoms with E-state index in [1.165, 1.54) is 12.1 Å². The van der Waals surface area contributed by atoms with Gasteiger partial charge in [0.05, 0.1) is 17.6 Å². The topological polar surface area (TPSA) is 93.1 Å². The van der Waals surface area contributed by atoms with Gasteiger partial charge < -0.3 is 14.6 Å². The third kappa shape index (κ3) is 9.54. The molecule has 6 nitrogen and oxygen atoms in total. The van der Waals surface area contributed by atoms with Gasteiger partial charge in [-0.05, 0) is 39.8 Å². The summed E-state index contributed by atoms with van der Waals surface area (Å²) < 4.78 is 39.8. The van der Waals surface area contributed by atoms with Crippen molar-refractivity contribution in [1.82, 2.24) is 0 Å². The van der Waals surface area contributed by atoms with Crippen LogP contribution in [0.4, 0.5) is 0 Å². The Labute approximate surface area is 126 Å². The second-order valence-corrected chi connectivity index (χ2v) is 5.86. The predicted molar refractivity (Wildman–Crippen MR) is 79.7 cm³/mol. The first-order valence-electron chi connectivity index (χ1n) is 6.62. The van der Waals surface area contributed by atoms with Crippen LogP contribution in [0.5, 0.6) is 0 Å². The van der Waals surface area contributed by atoms with Crippen molar-refractivity contribution in [3.63, 3.8) is 0 Å². The fraction of sp³-hybridized carbons (Fsp3) is 0.571. The summed E-state index contributed by atoms with van der Waals surface area (Å²) in [6.45, 7) is 8.04. The molecule has 0 radical (unpaired) electrons. The number of hydrogen-bond donors (Lipinski definition) is 2. The summed E-state index contributed by atoms with van der Waals surface area (Å²) in [6, 6.07) is 5.99. The van der Waals surface area contributed by atoms with Crippen LogP contribution >= 0.6 is 0 Å². The highest BCUT2D eigenvalue weighted by molar-refractivity contribution is 7.85. The van der Waals surface area contributed by atoms with Gasteiger partial charge in [-0.15, -0.1) is 0 Å². The maximum absolute atomic E-state index is 10.5. The Morgan fingerprint density at radius 2 is 1.71 bits per heavy atom. The van der Waals surface area contributed by atoms with Gasteiger partial charge >= 0.3 is 0 Å². The Hall–Kier alpha value is -0.990. The number of aliphatic hydroxyl groups is 1. The Bertz CT molecular complexity index is 483. The minimum atomic E-state index is -4.02. The van der Waals surface area contributed by atoms with Gasteiger partial charge in [-0.25, -0.2) is 0 Å². The summed E-state index contributed by atoms with van der Waals surface area (Å²) in [5.74, 6) is 0. The zero-order chi connectivity index (χ0) is 16.5. The molecule has 1 aromatic rings. The van der Waals surface area contributed by atoms with E-state index in [0.29, 0.717) is 6.61 Å². The first-order valence-corrected chi connectivity index (χ1v) is 8.06. The molecule has 1 rings (SSSR count). The van der Waals surface area contributed by atoms with Gasteiger partial charge in [-0.1, -0.05) is 17.7 Å². The van der Waals surface area contributed by atoms with Gasteiger partial charge in [0.15, 0.2) is 6.29 Å². The summed E-state index contributed by atoms with van der Waals surface area (Å²) in [6.07, 6.45) is -0.353. The molecule has 0 aliphatic heterocycles. The average Bonchev–Trinajstić information content (AvgIpc) is 2.39. The van der Waals surface area contributed by atoms with Crippen LogP contribution in [0.25, 0.3) is 0 Å². The average molecular weight is 320 g/mol. The normalized spacial score (nSPS) is 14.0. The van der Waals surface area contributed by atoms with Gasteiger partial charge in [0.25, 0.3) is 10.1 Å². The van der Waals surface area contributed by atoms with E-state index in [-0.39, 0.29) is 23.9 Å². The van der Waals surface area contributed by atoms with Crippen molar-refractivity contribution in [3.8, 4) is 0 Å².